The average molecular weight is 583 g/mol. The Bertz CT molecular complexity index is 1750. The van der Waals surface area contributed by atoms with Crippen molar-refractivity contribution in [2.75, 3.05) is 0 Å². The molecule has 0 spiro atoms. The topological polar surface area (TPSA) is 17.1 Å². The molecule has 0 saturated heterocycles. The number of rotatable bonds is 6. The van der Waals surface area contributed by atoms with Crippen molar-refractivity contribution in [3.05, 3.63) is 106 Å². The first kappa shape index (κ1) is 30.6. The van der Waals surface area contributed by atoms with Crippen molar-refractivity contribution in [2.24, 2.45) is 0 Å². The van der Waals surface area contributed by atoms with Crippen molar-refractivity contribution < 1.29 is 4.79 Å². The van der Waals surface area contributed by atoms with Crippen molar-refractivity contribution in [1.29, 1.82) is 0 Å². The molecular formula is C43H50O. The van der Waals surface area contributed by atoms with E-state index in [1.165, 1.54) is 66.8 Å². The van der Waals surface area contributed by atoms with Crippen molar-refractivity contribution in [1.82, 2.24) is 0 Å². The first-order valence-electron chi connectivity index (χ1n) is 16.9. The monoisotopic (exact) mass is 582 g/mol. The fourth-order valence-corrected chi connectivity index (χ4v) is 8.43. The van der Waals surface area contributed by atoms with Gasteiger partial charge in [-0.05, 0) is 128 Å². The molecular weight excluding hydrogens is 532 g/mol. The van der Waals surface area contributed by atoms with Crippen LogP contribution in [-0.2, 0) is 21.7 Å². The van der Waals surface area contributed by atoms with E-state index in [1.807, 2.05) is 6.07 Å². The van der Waals surface area contributed by atoms with Crippen molar-refractivity contribution >= 4 is 6.29 Å². The summed E-state index contributed by atoms with van der Waals surface area (Å²) >= 11 is 0. The van der Waals surface area contributed by atoms with E-state index in [1.54, 1.807) is 0 Å². The molecule has 0 fully saturated rings. The summed E-state index contributed by atoms with van der Waals surface area (Å²) in [6.45, 7) is 23.3. The molecule has 0 N–H and O–H groups in total. The fraction of sp³-hybridized carbons (Fsp3) is 0.419. The second-order valence-electron chi connectivity index (χ2n) is 15.5. The van der Waals surface area contributed by atoms with Crippen LogP contribution in [0.1, 0.15) is 139 Å². The van der Waals surface area contributed by atoms with E-state index in [0.717, 1.165) is 37.5 Å². The number of carbonyl (C=O) groups is 1. The Kier molecular flexibility index (Phi) is 7.15. The number of hydrogen-bond acceptors (Lipinski definition) is 1. The highest BCUT2D eigenvalue weighted by atomic mass is 16.1. The zero-order valence-electron chi connectivity index (χ0n) is 28.7. The molecule has 0 bridgehead atoms. The molecule has 0 heterocycles. The van der Waals surface area contributed by atoms with Gasteiger partial charge in [-0.1, -0.05) is 112 Å². The first-order chi connectivity index (χ1) is 20.8. The summed E-state index contributed by atoms with van der Waals surface area (Å²) in [5.41, 5.74) is 17.4. The lowest BCUT2D eigenvalue weighted by Gasteiger charge is -2.32. The van der Waals surface area contributed by atoms with Gasteiger partial charge >= 0.3 is 0 Å². The van der Waals surface area contributed by atoms with Crippen LogP contribution in [0, 0.1) is 0 Å². The Balaban J connectivity index is 1.59. The van der Waals surface area contributed by atoms with Gasteiger partial charge in [0.2, 0.25) is 0 Å². The summed E-state index contributed by atoms with van der Waals surface area (Å²) in [7, 11) is 0. The normalized spacial score (nSPS) is 15.9. The highest BCUT2D eigenvalue weighted by molar-refractivity contribution is 5.92. The van der Waals surface area contributed by atoms with E-state index in [9.17, 15) is 4.79 Å². The van der Waals surface area contributed by atoms with Crippen molar-refractivity contribution in [2.45, 2.75) is 117 Å². The number of hydrogen-bond donors (Lipinski definition) is 0. The van der Waals surface area contributed by atoms with Crippen LogP contribution in [0.3, 0.4) is 0 Å². The lowest BCUT2D eigenvalue weighted by atomic mass is 9.71. The molecule has 0 radical (unpaired) electrons. The summed E-state index contributed by atoms with van der Waals surface area (Å²) in [6.07, 6.45) is 5.15. The molecule has 2 aliphatic carbocycles. The molecule has 4 aromatic carbocycles. The number of aldehydes is 1. The van der Waals surface area contributed by atoms with Gasteiger partial charge in [-0.25, -0.2) is 0 Å². The Morgan fingerprint density at radius 1 is 0.500 bits per heavy atom. The molecule has 0 saturated carbocycles. The van der Waals surface area contributed by atoms with Crippen LogP contribution in [0.15, 0.2) is 66.7 Å². The fourth-order valence-electron chi connectivity index (χ4n) is 8.43. The third-order valence-electron chi connectivity index (χ3n) is 11.4. The van der Waals surface area contributed by atoms with Crippen LogP contribution in [0.5, 0.6) is 0 Å². The van der Waals surface area contributed by atoms with Gasteiger partial charge in [0, 0.05) is 16.4 Å². The summed E-state index contributed by atoms with van der Waals surface area (Å²) in [4.78, 5) is 11.8. The predicted molar refractivity (Wildman–Crippen MR) is 188 cm³/mol. The van der Waals surface area contributed by atoms with Gasteiger partial charge in [0.05, 0.1) is 0 Å². The highest BCUT2D eigenvalue weighted by Gasteiger charge is 2.46. The molecule has 44 heavy (non-hydrogen) atoms. The maximum Gasteiger partial charge on any atom is 0.150 e. The molecule has 2 aliphatic rings. The molecule has 0 atom stereocenters. The summed E-state index contributed by atoms with van der Waals surface area (Å²) < 4.78 is 0. The Morgan fingerprint density at radius 2 is 0.932 bits per heavy atom. The van der Waals surface area contributed by atoms with Crippen LogP contribution in [-0.4, -0.2) is 6.29 Å². The maximum atomic E-state index is 11.8. The van der Waals surface area contributed by atoms with E-state index >= 15 is 0 Å². The highest BCUT2D eigenvalue weighted by Crippen LogP contribution is 2.60. The van der Waals surface area contributed by atoms with Crippen LogP contribution < -0.4 is 0 Å². The second kappa shape index (κ2) is 10.3. The minimum absolute atomic E-state index is 0.0310. The minimum atomic E-state index is -0.0702. The van der Waals surface area contributed by atoms with Crippen molar-refractivity contribution in [3.8, 4) is 33.4 Å². The minimum Gasteiger partial charge on any atom is -0.298 e. The number of carbonyl (C=O) groups excluding carboxylic acids is 1. The molecule has 0 unspecified atom stereocenters. The van der Waals surface area contributed by atoms with Gasteiger partial charge in [0.1, 0.15) is 6.29 Å². The molecule has 1 heteroatoms. The predicted octanol–water partition coefficient (Wildman–Crippen LogP) is 11.9. The molecule has 0 amide bonds. The van der Waals surface area contributed by atoms with E-state index in [2.05, 4.69) is 130 Å². The van der Waals surface area contributed by atoms with Crippen molar-refractivity contribution in [3.63, 3.8) is 0 Å². The van der Waals surface area contributed by atoms with Crippen LogP contribution in [0.2, 0.25) is 0 Å². The first-order valence-corrected chi connectivity index (χ1v) is 16.9. The average Bonchev–Trinajstić information content (AvgIpc) is 3.44. The van der Waals surface area contributed by atoms with Gasteiger partial charge in [-0.2, -0.15) is 0 Å². The van der Waals surface area contributed by atoms with Gasteiger partial charge < -0.3 is 0 Å². The van der Waals surface area contributed by atoms with E-state index in [4.69, 9.17) is 0 Å². The van der Waals surface area contributed by atoms with Crippen LogP contribution in [0.4, 0.5) is 0 Å². The van der Waals surface area contributed by atoms with E-state index in [0.29, 0.717) is 0 Å². The van der Waals surface area contributed by atoms with Crippen LogP contribution >= 0.6 is 0 Å². The lowest BCUT2D eigenvalue weighted by Crippen LogP contribution is -2.24. The molecule has 0 aromatic heterocycles. The standard InChI is InChI=1S/C43H50O/c1-11-42(12-2)36-19-27(26-44)15-17-32(36)34-24-39-35(25-38(34)42)33-18-16-28(22-37(33)43(39,13-3)14-4)29-20-30(40(5,6)7)23-31(21-29)41(8,9)10/h15-26H,11-14H2,1-10H3. The molecule has 6 rings (SSSR count). The molecule has 4 aromatic rings. The number of benzene rings is 4. The summed E-state index contributed by atoms with van der Waals surface area (Å²) in [6, 6.07) is 26.0. The third-order valence-corrected chi connectivity index (χ3v) is 11.4. The molecule has 1 nitrogen and oxygen atoms in total. The zero-order chi connectivity index (χ0) is 31.8. The summed E-state index contributed by atoms with van der Waals surface area (Å²) in [5.74, 6) is 0. The molecule has 0 aliphatic heterocycles. The zero-order valence-corrected chi connectivity index (χ0v) is 28.7. The second-order valence-corrected chi connectivity index (χ2v) is 15.5. The Hall–Kier alpha value is -3.45. The third kappa shape index (κ3) is 4.29. The molecule has 228 valence electrons. The summed E-state index contributed by atoms with van der Waals surface area (Å²) in [5, 5.41) is 0. The smallest absolute Gasteiger partial charge is 0.150 e. The van der Waals surface area contributed by atoms with Gasteiger partial charge in [0.25, 0.3) is 0 Å². The van der Waals surface area contributed by atoms with Gasteiger partial charge in [-0.15, -0.1) is 0 Å². The van der Waals surface area contributed by atoms with Gasteiger partial charge in [0.15, 0.2) is 0 Å². The van der Waals surface area contributed by atoms with E-state index in [-0.39, 0.29) is 21.7 Å². The number of fused-ring (bicyclic) bond motifs is 6. The lowest BCUT2D eigenvalue weighted by molar-refractivity contribution is 0.112. The van der Waals surface area contributed by atoms with Crippen LogP contribution in [0.25, 0.3) is 33.4 Å². The Labute approximate surface area is 266 Å². The quantitative estimate of drug-likeness (QED) is 0.207. The Morgan fingerprint density at radius 3 is 1.36 bits per heavy atom. The maximum absolute atomic E-state index is 11.8. The van der Waals surface area contributed by atoms with E-state index < -0.39 is 0 Å². The SMILES string of the molecule is CCC1(CC)c2cc(C=O)ccc2-c2cc3c(cc21)-c1ccc(-c2cc(C(C)(C)C)cc(C(C)(C)C)c2)cc1C3(CC)CC. The van der Waals surface area contributed by atoms with Gasteiger partial charge in [-0.3, -0.25) is 4.79 Å². The largest absolute Gasteiger partial charge is 0.298 e.